The van der Waals surface area contributed by atoms with Crippen molar-refractivity contribution in [2.24, 2.45) is 0 Å². The van der Waals surface area contributed by atoms with Crippen molar-refractivity contribution in [3.63, 3.8) is 0 Å². The highest BCUT2D eigenvalue weighted by Crippen LogP contribution is 2.34. The molecule has 1 aliphatic heterocycles. The van der Waals surface area contributed by atoms with Gasteiger partial charge in [-0.3, -0.25) is 0 Å². The summed E-state index contributed by atoms with van der Waals surface area (Å²) in [5.74, 6) is 1.44. The Labute approximate surface area is 143 Å². The zero-order valence-corrected chi connectivity index (χ0v) is 14.3. The van der Waals surface area contributed by atoms with Gasteiger partial charge in [0.25, 0.3) is 0 Å². The summed E-state index contributed by atoms with van der Waals surface area (Å²) in [5.41, 5.74) is 2.31. The van der Waals surface area contributed by atoms with E-state index in [0.717, 1.165) is 37.2 Å². The van der Waals surface area contributed by atoms with E-state index >= 15 is 0 Å². The van der Waals surface area contributed by atoms with Crippen molar-refractivity contribution in [2.75, 3.05) is 25.7 Å². The molecule has 0 aliphatic carbocycles. The number of benzene rings is 2. The van der Waals surface area contributed by atoms with E-state index in [1.54, 1.807) is 14.2 Å². The molecular weight excluding hydrogens is 302 g/mol. The molecule has 1 saturated heterocycles. The van der Waals surface area contributed by atoms with Gasteiger partial charge in [-0.1, -0.05) is 30.3 Å². The maximum Gasteiger partial charge on any atom is 0.162 e. The van der Waals surface area contributed by atoms with Crippen LogP contribution in [0.4, 0.5) is 5.69 Å². The fourth-order valence-corrected chi connectivity index (χ4v) is 3.46. The lowest BCUT2D eigenvalue weighted by atomic mass is 9.92. The van der Waals surface area contributed by atoms with Gasteiger partial charge < -0.3 is 19.5 Å². The minimum Gasteiger partial charge on any atom is -0.493 e. The second-order valence-electron chi connectivity index (χ2n) is 6.20. The molecule has 1 heterocycles. The molecule has 0 bridgehead atoms. The van der Waals surface area contributed by atoms with Crippen LogP contribution in [0.3, 0.4) is 0 Å². The van der Waals surface area contributed by atoms with E-state index in [-0.39, 0.29) is 12.1 Å². The van der Waals surface area contributed by atoms with Gasteiger partial charge in [-0.05, 0) is 37.0 Å². The van der Waals surface area contributed by atoms with Gasteiger partial charge in [-0.2, -0.15) is 0 Å². The van der Waals surface area contributed by atoms with E-state index < -0.39 is 0 Å². The second kappa shape index (κ2) is 7.58. The van der Waals surface area contributed by atoms with Crippen LogP contribution < -0.4 is 14.4 Å². The highest BCUT2D eigenvalue weighted by Gasteiger charge is 2.30. The van der Waals surface area contributed by atoms with Crippen LogP contribution in [0.1, 0.15) is 18.4 Å². The lowest BCUT2D eigenvalue weighted by Crippen LogP contribution is -2.49. The molecule has 2 aromatic rings. The van der Waals surface area contributed by atoms with Crippen molar-refractivity contribution in [2.45, 2.75) is 31.4 Å². The summed E-state index contributed by atoms with van der Waals surface area (Å²) < 4.78 is 10.8. The van der Waals surface area contributed by atoms with E-state index in [1.165, 1.54) is 5.56 Å². The monoisotopic (exact) mass is 327 g/mol. The Hall–Kier alpha value is -2.20. The predicted octanol–water partition coefficient (Wildman–Crippen LogP) is 3.28. The number of methoxy groups -OCH3 is 2. The number of aliphatic hydroxyl groups excluding tert-OH is 1. The first-order valence-corrected chi connectivity index (χ1v) is 8.43. The van der Waals surface area contributed by atoms with Gasteiger partial charge in [0.1, 0.15) is 0 Å². The number of hydrogen-bond donors (Lipinski definition) is 1. The van der Waals surface area contributed by atoms with Crippen molar-refractivity contribution in [3.8, 4) is 11.5 Å². The fourth-order valence-electron chi connectivity index (χ4n) is 3.46. The fraction of sp³-hybridized carbons (Fsp3) is 0.400. The van der Waals surface area contributed by atoms with Gasteiger partial charge in [0.05, 0.1) is 26.4 Å². The number of anilines is 1. The number of nitrogens with zero attached hydrogens (tertiary/aromatic N) is 1. The molecule has 1 fully saturated rings. The second-order valence-corrected chi connectivity index (χ2v) is 6.20. The molecule has 1 aliphatic rings. The van der Waals surface area contributed by atoms with Crippen LogP contribution in [-0.2, 0) is 6.42 Å². The Bertz CT molecular complexity index is 659. The van der Waals surface area contributed by atoms with Crippen molar-refractivity contribution in [1.82, 2.24) is 0 Å². The van der Waals surface area contributed by atoms with Gasteiger partial charge in [0.15, 0.2) is 11.5 Å². The lowest BCUT2D eigenvalue weighted by Gasteiger charge is -2.41. The molecule has 2 unspecified atom stereocenters. The SMILES string of the molecule is COc1ccc(N2CCCC(O)C2Cc2ccccc2)cc1OC. The molecule has 0 saturated carbocycles. The highest BCUT2D eigenvalue weighted by molar-refractivity contribution is 5.57. The molecule has 0 spiro atoms. The Morgan fingerprint density at radius 2 is 1.79 bits per heavy atom. The number of ether oxygens (including phenoxy) is 2. The third-order valence-electron chi connectivity index (χ3n) is 4.73. The van der Waals surface area contributed by atoms with Crippen molar-refractivity contribution >= 4 is 5.69 Å². The summed E-state index contributed by atoms with van der Waals surface area (Å²) in [4.78, 5) is 2.29. The molecule has 24 heavy (non-hydrogen) atoms. The molecule has 4 nitrogen and oxygen atoms in total. The number of rotatable bonds is 5. The average molecular weight is 327 g/mol. The first kappa shape index (κ1) is 16.7. The largest absolute Gasteiger partial charge is 0.493 e. The molecule has 0 aromatic heterocycles. The molecule has 2 atom stereocenters. The Kier molecular flexibility index (Phi) is 5.26. The molecule has 0 amide bonds. The Morgan fingerprint density at radius 1 is 1.04 bits per heavy atom. The highest BCUT2D eigenvalue weighted by atomic mass is 16.5. The number of hydrogen-bond acceptors (Lipinski definition) is 4. The molecule has 1 N–H and O–H groups in total. The summed E-state index contributed by atoms with van der Waals surface area (Å²) in [5, 5.41) is 10.6. The zero-order valence-electron chi connectivity index (χ0n) is 14.3. The third-order valence-corrected chi connectivity index (χ3v) is 4.73. The first-order chi connectivity index (χ1) is 11.7. The minimum absolute atomic E-state index is 0.0688. The molecule has 4 heteroatoms. The summed E-state index contributed by atoms with van der Waals surface area (Å²) in [6.45, 7) is 0.935. The van der Waals surface area contributed by atoms with Gasteiger partial charge >= 0.3 is 0 Å². The third kappa shape index (κ3) is 3.49. The zero-order chi connectivity index (χ0) is 16.9. The van der Waals surface area contributed by atoms with Crippen LogP contribution in [0.5, 0.6) is 11.5 Å². The molecule has 0 radical (unpaired) electrons. The Morgan fingerprint density at radius 3 is 2.50 bits per heavy atom. The maximum absolute atomic E-state index is 10.6. The molecule has 3 rings (SSSR count). The van der Waals surface area contributed by atoms with Gasteiger partial charge in [0.2, 0.25) is 0 Å². The number of aliphatic hydroxyl groups is 1. The minimum atomic E-state index is -0.327. The summed E-state index contributed by atoms with van der Waals surface area (Å²) in [6.07, 6.45) is 2.34. The van der Waals surface area contributed by atoms with Crippen molar-refractivity contribution < 1.29 is 14.6 Å². The summed E-state index contributed by atoms with van der Waals surface area (Å²) in [7, 11) is 3.29. The van der Waals surface area contributed by atoms with Crippen LogP contribution >= 0.6 is 0 Å². The van der Waals surface area contributed by atoms with Crippen molar-refractivity contribution in [1.29, 1.82) is 0 Å². The Balaban J connectivity index is 1.88. The average Bonchev–Trinajstić information content (AvgIpc) is 2.63. The first-order valence-electron chi connectivity index (χ1n) is 8.43. The standard InChI is InChI=1S/C20H25NO3/c1-23-19-11-10-16(14-20(19)24-2)21-12-6-9-18(22)17(21)13-15-7-4-3-5-8-15/h3-5,7-8,10-11,14,17-18,22H,6,9,12-13H2,1-2H3. The molecular formula is C20H25NO3. The van der Waals surface area contributed by atoms with E-state index in [0.29, 0.717) is 5.75 Å². The molecule has 2 aromatic carbocycles. The normalized spacial score (nSPS) is 20.7. The van der Waals surface area contributed by atoms with Gasteiger partial charge in [-0.25, -0.2) is 0 Å². The van der Waals surface area contributed by atoms with Crippen molar-refractivity contribution in [3.05, 3.63) is 54.1 Å². The summed E-state index contributed by atoms with van der Waals surface area (Å²) >= 11 is 0. The van der Waals surface area contributed by atoms with Gasteiger partial charge in [0, 0.05) is 18.3 Å². The lowest BCUT2D eigenvalue weighted by molar-refractivity contribution is 0.112. The van der Waals surface area contributed by atoms with Crippen LogP contribution in [0.15, 0.2) is 48.5 Å². The van der Waals surface area contributed by atoms with E-state index in [2.05, 4.69) is 17.0 Å². The molecule has 128 valence electrons. The smallest absolute Gasteiger partial charge is 0.162 e. The predicted molar refractivity (Wildman–Crippen MR) is 96.1 cm³/mol. The number of piperidine rings is 1. The van der Waals surface area contributed by atoms with Gasteiger partial charge in [-0.15, -0.1) is 0 Å². The van der Waals surface area contributed by atoms with Crippen LogP contribution in [0, 0.1) is 0 Å². The topological polar surface area (TPSA) is 41.9 Å². The summed E-state index contributed by atoms with van der Waals surface area (Å²) in [6, 6.07) is 16.4. The van der Waals surface area contributed by atoms with E-state index in [9.17, 15) is 5.11 Å². The maximum atomic E-state index is 10.6. The van der Waals surface area contributed by atoms with Crippen LogP contribution in [0.2, 0.25) is 0 Å². The quantitative estimate of drug-likeness (QED) is 0.915. The van der Waals surface area contributed by atoms with E-state index in [4.69, 9.17) is 9.47 Å². The van der Waals surface area contributed by atoms with Crippen LogP contribution in [-0.4, -0.2) is 38.0 Å². The van der Waals surface area contributed by atoms with Crippen LogP contribution in [0.25, 0.3) is 0 Å². The van der Waals surface area contributed by atoms with E-state index in [1.807, 2.05) is 36.4 Å².